The maximum absolute atomic E-state index is 5.68. The van der Waals surface area contributed by atoms with Crippen molar-refractivity contribution in [1.82, 2.24) is 5.32 Å². The van der Waals surface area contributed by atoms with E-state index in [0.29, 0.717) is 5.41 Å². The molecule has 0 saturated carbocycles. The van der Waals surface area contributed by atoms with E-state index in [-0.39, 0.29) is 5.54 Å². The smallest absolute Gasteiger partial charge is 0.0535 e. The van der Waals surface area contributed by atoms with Crippen LogP contribution in [-0.2, 0) is 4.74 Å². The fraction of sp³-hybridized carbons (Fsp3) is 0.647. The molecule has 0 radical (unpaired) electrons. The molecule has 1 saturated heterocycles. The predicted molar refractivity (Wildman–Crippen MR) is 87.4 cm³/mol. The topological polar surface area (TPSA) is 21.3 Å². The molecule has 1 N–H and O–H groups in total. The summed E-state index contributed by atoms with van der Waals surface area (Å²) in [5.41, 5.74) is 0.511. The molecule has 1 aliphatic rings. The Hall–Kier alpha value is -0.510. The van der Waals surface area contributed by atoms with Crippen molar-refractivity contribution in [1.29, 1.82) is 0 Å². The zero-order chi connectivity index (χ0) is 14.5. The Morgan fingerprint density at radius 2 is 2.00 bits per heavy atom. The van der Waals surface area contributed by atoms with Crippen LogP contribution in [-0.4, -0.2) is 31.1 Å². The van der Waals surface area contributed by atoms with Crippen LogP contribution < -0.4 is 5.32 Å². The first-order valence-corrected chi connectivity index (χ1v) is 8.48. The van der Waals surface area contributed by atoms with Gasteiger partial charge in [-0.25, -0.2) is 0 Å². The normalized spacial score (nSPS) is 23.1. The highest BCUT2D eigenvalue weighted by Gasteiger charge is 2.35. The number of hydrogen-bond donors (Lipinski definition) is 1. The van der Waals surface area contributed by atoms with Gasteiger partial charge in [0.15, 0.2) is 0 Å². The van der Waals surface area contributed by atoms with Gasteiger partial charge >= 0.3 is 0 Å². The van der Waals surface area contributed by atoms with Crippen LogP contribution in [0.15, 0.2) is 35.2 Å². The van der Waals surface area contributed by atoms with Crippen molar-refractivity contribution >= 4 is 11.8 Å². The highest BCUT2D eigenvalue weighted by Crippen LogP contribution is 2.34. The average Bonchev–Trinajstić information content (AvgIpc) is 2.86. The zero-order valence-electron chi connectivity index (χ0n) is 12.9. The van der Waals surface area contributed by atoms with Crippen molar-refractivity contribution in [2.75, 3.05) is 25.5 Å². The van der Waals surface area contributed by atoms with E-state index < -0.39 is 0 Å². The van der Waals surface area contributed by atoms with E-state index in [1.807, 2.05) is 11.8 Å². The quantitative estimate of drug-likeness (QED) is 0.802. The monoisotopic (exact) mass is 293 g/mol. The van der Waals surface area contributed by atoms with Crippen molar-refractivity contribution in [2.45, 2.75) is 44.0 Å². The van der Waals surface area contributed by atoms with E-state index in [0.717, 1.165) is 19.8 Å². The molecule has 1 unspecified atom stereocenters. The van der Waals surface area contributed by atoms with Crippen molar-refractivity contribution < 1.29 is 4.74 Å². The van der Waals surface area contributed by atoms with Crippen LogP contribution in [0.3, 0.4) is 0 Å². The van der Waals surface area contributed by atoms with E-state index in [9.17, 15) is 0 Å². The first-order chi connectivity index (χ1) is 9.49. The Morgan fingerprint density at radius 3 is 2.60 bits per heavy atom. The van der Waals surface area contributed by atoms with Crippen LogP contribution in [0.25, 0.3) is 0 Å². The summed E-state index contributed by atoms with van der Waals surface area (Å²) >= 11 is 1.96. The number of benzene rings is 1. The summed E-state index contributed by atoms with van der Waals surface area (Å²) in [6, 6.07) is 10.7. The summed E-state index contributed by atoms with van der Waals surface area (Å²) in [6.45, 7) is 9.58. The summed E-state index contributed by atoms with van der Waals surface area (Å²) in [7, 11) is 0. The Kier molecular flexibility index (Phi) is 5.53. The van der Waals surface area contributed by atoms with Gasteiger partial charge in [0.2, 0.25) is 0 Å². The van der Waals surface area contributed by atoms with Crippen molar-refractivity contribution in [3.8, 4) is 0 Å². The second-order valence-electron chi connectivity index (χ2n) is 6.82. The fourth-order valence-corrected chi connectivity index (χ4v) is 3.55. The van der Waals surface area contributed by atoms with E-state index in [2.05, 4.69) is 56.4 Å². The largest absolute Gasteiger partial charge is 0.381 e. The molecular weight excluding hydrogens is 266 g/mol. The summed E-state index contributed by atoms with van der Waals surface area (Å²) in [5.74, 6) is 1.17. The lowest BCUT2D eigenvalue weighted by Crippen LogP contribution is -2.44. The number of thioether (sulfide) groups is 1. The molecule has 1 atom stereocenters. The third kappa shape index (κ3) is 5.12. The summed E-state index contributed by atoms with van der Waals surface area (Å²) in [4.78, 5) is 1.37. The Morgan fingerprint density at radius 1 is 1.25 bits per heavy atom. The predicted octanol–water partition coefficient (Wildman–Crippen LogP) is 3.96. The minimum atomic E-state index is 0.183. The van der Waals surface area contributed by atoms with Gasteiger partial charge in [0.1, 0.15) is 0 Å². The van der Waals surface area contributed by atoms with Crippen LogP contribution >= 0.6 is 11.8 Å². The Labute approximate surface area is 127 Å². The third-order valence-electron chi connectivity index (χ3n) is 3.82. The second-order valence-corrected chi connectivity index (χ2v) is 7.99. The van der Waals surface area contributed by atoms with Gasteiger partial charge in [-0.2, -0.15) is 0 Å². The minimum absolute atomic E-state index is 0.183. The van der Waals surface area contributed by atoms with Gasteiger partial charge < -0.3 is 10.1 Å². The Bertz CT molecular complexity index is 393. The maximum atomic E-state index is 5.68. The molecule has 2 nitrogen and oxygen atoms in total. The third-order valence-corrected chi connectivity index (χ3v) is 4.84. The van der Waals surface area contributed by atoms with Gasteiger partial charge in [-0.1, -0.05) is 18.2 Å². The summed E-state index contributed by atoms with van der Waals surface area (Å²) in [5, 5.41) is 3.66. The molecule has 2 rings (SSSR count). The lowest BCUT2D eigenvalue weighted by molar-refractivity contribution is 0.142. The van der Waals surface area contributed by atoms with Gasteiger partial charge in [0, 0.05) is 29.0 Å². The molecular formula is C17H27NOS. The zero-order valence-corrected chi connectivity index (χ0v) is 13.8. The number of hydrogen-bond acceptors (Lipinski definition) is 3. The number of ether oxygens (including phenoxy) is 1. The lowest BCUT2D eigenvalue weighted by atomic mass is 9.83. The van der Waals surface area contributed by atoms with Crippen LogP contribution in [0.1, 0.15) is 33.6 Å². The van der Waals surface area contributed by atoms with Gasteiger partial charge in [-0.05, 0) is 51.5 Å². The second kappa shape index (κ2) is 6.97. The summed E-state index contributed by atoms with van der Waals surface area (Å²) < 4.78 is 5.68. The van der Waals surface area contributed by atoms with Crippen molar-refractivity contribution in [3.05, 3.63) is 30.3 Å². The van der Waals surface area contributed by atoms with Crippen molar-refractivity contribution in [2.24, 2.45) is 5.41 Å². The molecule has 1 aromatic carbocycles. The molecule has 0 amide bonds. The van der Waals surface area contributed by atoms with E-state index in [1.54, 1.807) is 0 Å². The standard InChI is InChI=1S/C17H27NOS/c1-16(2,3)18-13-17(9-11-19-14-17)10-12-20-15-7-5-4-6-8-15/h4-8,18H,9-14H2,1-3H3. The minimum Gasteiger partial charge on any atom is -0.381 e. The SMILES string of the molecule is CC(C)(C)NCC1(CCSc2ccccc2)CCOC1. The highest BCUT2D eigenvalue weighted by molar-refractivity contribution is 7.99. The lowest BCUT2D eigenvalue weighted by Gasteiger charge is -2.32. The number of nitrogens with one attached hydrogen (secondary N) is 1. The van der Waals surface area contributed by atoms with E-state index in [4.69, 9.17) is 4.74 Å². The van der Waals surface area contributed by atoms with Gasteiger partial charge in [0.25, 0.3) is 0 Å². The van der Waals surface area contributed by atoms with Gasteiger partial charge in [-0.15, -0.1) is 11.8 Å². The molecule has 3 heteroatoms. The van der Waals surface area contributed by atoms with Crippen LogP contribution in [0.2, 0.25) is 0 Å². The van der Waals surface area contributed by atoms with Crippen molar-refractivity contribution in [3.63, 3.8) is 0 Å². The molecule has 1 aliphatic heterocycles. The Balaban J connectivity index is 1.83. The maximum Gasteiger partial charge on any atom is 0.0535 e. The first kappa shape index (κ1) is 15.9. The van der Waals surface area contributed by atoms with Gasteiger partial charge in [-0.3, -0.25) is 0 Å². The molecule has 112 valence electrons. The average molecular weight is 293 g/mol. The van der Waals surface area contributed by atoms with Crippen LogP contribution in [0.5, 0.6) is 0 Å². The molecule has 1 heterocycles. The van der Waals surface area contributed by atoms with Crippen LogP contribution in [0, 0.1) is 5.41 Å². The molecule has 0 bridgehead atoms. The molecule has 1 aromatic rings. The molecule has 0 aromatic heterocycles. The van der Waals surface area contributed by atoms with Gasteiger partial charge in [0.05, 0.1) is 6.61 Å². The number of rotatable bonds is 6. The molecule has 20 heavy (non-hydrogen) atoms. The molecule has 1 fully saturated rings. The molecule has 0 spiro atoms. The fourth-order valence-electron chi connectivity index (χ4n) is 2.43. The van der Waals surface area contributed by atoms with E-state index in [1.165, 1.54) is 23.5 Å². The van der Waals surface area contributed by atoms with Crippen LogP contribution in [0.4, 0.5) is 0 Å². The first-order valence-electron chi connectivity index (χ1n) is 7.50. The van der Waals surface area contributed by atoms with E-state index >= 15 is 0 Å². The summed E-state index contributed by atoms with van der Waals surface area (Å²) in [6.07, 6.45) is 2.40. The molecule has 0 aliphatic carbocycles. The highest BCUT2D eigenvalue weighted by atomic mass is 32.2.